The highest BCUT2D eigenvalue weighted by molar-refractivity contribution is 5.69. The monoisotopic (exact) mass is 308 g/mol. The molecule has 0 aromatic carbocycles. The van der Waals surface area contributed by atoms with E-state index in [1.807, 2.05) is 0 Å². The average Bonchev–Trinajstić information content (AvgIpc) is 2.37. The first-order valence-corrected chi connectivity index (χ1v) is 8.75. The zero-order chi connectivity index (χ0) is 17.0. The van der Waals surface area contributed by atoms with E-state index in [9.17, 15) is 4.79 Å². The van der Waals surface area contributed by atoms with Crippen LogP contribution in [0.25, 0.3) is 0 Å². The molecular formula is C20H36O2. The van der Waals surface area contributed by atoms with Gasteiger partial charge in [0, 0.05) is 6.42 Å². The Balaban J connectivity index is 3.81. The Morgan fingerprint density at radius 1 is 1.00 bits per heavy atom. The van der Waals surface area contributed by atoms with Crippen LogP contribution in [0.1, 0.15) is 80.1 Å². The number of allylic oxidation sites excluding steroid dienone is 4. The van der Waals surface area contributed by atoms with Crippen LogP contribution in [0.15, 0.2) is 23.3 Å². The van der Waals surface area contributed by atoms with E-state index in [2.05, 4.69) is 53.7 Å². The zero-order valence-corrected chi connectivity index (χ0v) is 15.6. The summed E-state index contributed by atoms with van der Waals surface area (Å²) in [5, 5.41) is 0. The quantitative estimate of drug-likeness (QED) is 0.342. The molecule has 0 aromatic heterocycles. The van der Waals surface area contributed by atoms with Crippen LogP contribution in [0.4, 0.5) is 0 Å². The van der Waals surface area contributed by atoms with Crippen molar-refractivity contribution in [3.05, 3.63) is 23.3 Å². The van der Waals surface area contributed by atoms with E-state index >= 15 is 0 Å². The van der Waals surface area contributed by atoms with Crippen LogP contribution < -0.4 is 0 Å². The number of rotatable bonds is 11. The first-order chi connectivity index (χ1) is 10.3. The summed E-state index contributed by atoms with van der Waals surface area (Å²) in [6.07, 6.45) is 10.5. The average molecular weight is 309 g/mol. The molecule has 0 N–H and O–H groups in total. The van der Waals surface area contributed by atoms with Gasteiger partial charge >= 0.3 is 5.97 Å². The smallest absolute Gasteiger partial charge is 0.306 e. The molecule has 0 heterocycles. The zero-order valence-electron chi connectivity index (χ0n) is 15.6. The molecule has 1 atom stereocenters. The third kappa shape index (κ3) is 13.9. The standard InChI is InChI=1S/C20H36O2/c1-16(2)9-7-10-18(5)11-8-12-19(6)15-20(21)22-14-13-17(3)4/h9,11,17,19H,7-8,10,12-15H2,1-6H3/b18-11+/t19-/m0/s1. The lowest BCUT2D eigenvalue weighted by atomic mass is 10.00. The molecule has 0 aliphatic rings. The molecule has 0 unspecified atom stereocenters. The van der Waals surface area contributed by atoms with E-state index in [4.69, 9.17) is 4.74 Å². The predicted octanol–water partition coefficient (Wildman–Crippen LogP) is 6.07. The van der Waals surface area contributed by atoms with Crippen LogP contribution in [0.3, 0.4) is 0 Å². The molecule has 0 bridgehead atoms. The Morgan fingerprint density at radius 2 is 1.68 bits per heavy atom. The second kappa shape index (κ2) is 12.5. The molecule has 0 spiro atoms. The maximum Gasteiger partial charge on any atom is 0.306 e. The fourth-order valence-corrected chi connectivity index (χ4v) is 2.16. The van der Waals surface area contributed by atoms with Gasteiger partial charge in [-0.2, -0.15) is 0 Å². The third-order valence-corrected chi connectivity index (χ3v) is 3.72. The lowest BCUT2D eigenvalue weighted by Crippen LogP contribution is -2.11. The van der Waals surface area contributed by atoms with E-state index in [1.165, 1.54) is 11.1 Å². The van der Waals surface area contributed by atoms with Gasteiger partial charge in [-0.25, -0.2) is 0 Å². The molecule has 0 aromatic rings. The summed E-state index contributed by atoms with van der Waals surface area (Å²) in [6, 6.07) is 0. The third-order valence-electron chi connectivity index (χ3n) is 3.72. The molecule has 0 radical (unpaired) electrons. The number of hydrogen-bond donors (Lipinski definition) is 0. The molecule has 2 heteroatoms. The number of hydrogen-bond acceptors (Lipinski definition) is 2. The molecule has 0 saturated heterocycles. The number of ether oxygens (including phenoxy) is 1. The highest BCUT2D eigenvalue weighted by Gasteiger charge is 2.10. The number of carbonyl (C=O) groups is 1. The van der Waals surface area contributed by atoms with Gasteiger partial charge in [0.15, 0.2) is 0 Å². The lowest BCUT2D eigenvalue weighted by Gasteiger charge is -2.11. The second-order valence-electron chi connectivity index (χ2n) is 7.16. The Bertz CT molecular complexity index is 360. The fourth-order valence-electron chi connectivity index (χ4n) is 2.16. The van der Waals surface area contributed by atoms with Gasteiger partial charge < -0.3 is 4.74 Å². The normalized spacial score (nSPS) is 13.1. The second-order valence-corrected chi connectivity index (χ2v) is 7.16. The van der Waals surface area contributed by atoms with Gasteiger partial charge in [0.1, 0.15) is 0 Å². The van der Waals surface area contributed by atoms with Gasteiger partial charge in [-0.3, -0.25) is 4.79 Å². The van der Waals surface area contributed by atoms with Crippen molar-refractivity contribution in [2.24, 2.45) is 11.8 Å². The van der Waals surface area contributed by atoms with Gasteiger partial charge in [0.25, 0.3) is 0 Å². The van der Waals surface area contributed by atoms with Crippen molar-refractivity contribution in [3.63, 3.8) is 0 Å². The van der Waals surface area contributed by atoms with Gasteiger partial charge in [0.05, 0.1) is 6.61 Å². The Kier molecular flexibility index (Phi) is 11.9. The lowest BCUT2D eigenvalue weighted by molar-refractivity contribution is -0.145. The summed E-state index contributed by atoms with van der Waals surface area (Å²) in [5.41, 5.74) is 2.83. The fraction of sp³-hybridized carbons (Fsp3) is 0.750. The van der Waals surface area contributed by atoms with Crippen molar-refractivity contribution in [1.29, 1.82) is 0 Å². The molecule has 0 aliphatic heterocycles. The summed E-state index contributed by atoms with van der Waals surface area (Å²) in [7, 11) is 0. The minimum atomic E-state index is -0.0441. The van der Waals surface area contributed by atoms with E-state index in [1.54, 1.807) is 0 Å². The maximum atomic E-state index is 11.7. The Hall–Kier alpha value is -1.05. The highest BCUT2D eigenvalue weighted by atomic mass is 16.5. The van der Waals surface area contributed by atoms with Crippen LogP contribution in [0.2, 0.25) is 0 Å². The van der Waals surface area contributed by atoms with Crippen molar-refractivity contribution in [2.45, 2.75) is 80.1 Å². The van der Waals surface area contributed by atoms with Crippen molar-refractivity contribution in [2.75, 3.05) is 6.61 Å². The van der Waals surface area contributed by atoms with Crippen LogP contribution in [-0.2, 0) is 9.53 Å². The molecule has 0 amide bonds. The van der Waals surface area contributed by atoms with Crippen LogP contribution in [-0.4, -0.2) is 12.6 Å². The number of carbonyl (C=O) groups excluding carboxylic acids is 1. The Morgan fingerprint density at radius 3 is 2.27 bits per heavy atom. The van der Waals surface area contributed by atoms with Gasteiger partial charge in [-0.15, -0.1) is 0 Å². The molecule has 2 nitrogen and oxygen atoms in total. The molecule has 0 fully saturated rings. The topological polar surface area (TPSA) is 26.3 Å². The molecule has 0 aliphatic carbocycles. The summed E-state index contributed by atoms with van der Waals surface area (Å²) in [6.45, 7) is 13.5. The summed E-state index contributed by atoms with van der Waals surface area (Å²) < 4.78 is 5.27. The SMILES string of the molecule is CC(C)=CCC/C(C)=C/CC[C@H](C)CC(=O)OCCC(C)C. The first-order valence-electron chi connectivity index (χ1n) is 8.75. The van der Waals surface area contributed by atoms with Crippen LogP contribution in [0.5, 0.6) is 0 Å². The first kappa shape index (κ1) is 20.9. The molecule has 22 heavy (non-hydrogen) atoms. The van der Waals surface area contributed by atoms with E-state index in [0.29, 0.717) is 24.9 Å². The van der Waals surface area contributed by atoms with E-state index < -0.39 is 0 Å². The molecule has 128 valence electrons. The largest absolute Gasteiger partial charge is 0.466 e. The minimum absolute atomic E-state index is 0.0441. The van der Waals surface area contributed by atoms with Crippen LogP contribution >= 0.6 is 0 Å². The van der Waals surface area contributed by atoms with Crippen LogP contribution in [0, 0.1) is 11.8 Å². The molecule has 0 rings (SSSR count). The van der Waals surface area contributed by atoms with Crippen molar-refractivity contribution in [1.82, 2.24) is 0 Å². The maximum absolute atomic E-state index is 11.7. The van der Waals surface area contributed by atoms with Crippen molar-refractivity contribution in [3.8, 4) is 0 Å². The van der Waals surface area contributed by atoms with Gasteiger partial charge in [-0.05, 0) is 64.7 Å². The van der Waals surface area contributed by atoms with Gasteiger partial charge in [-0.1, -0.05) is 44.1 Å². The Labute approximate surface area is 138 Å². The van der Waals surface area contributed by atoms with E-state index in [0.717, 1.165) is 32.1 Å². The highest BCUT2D eigenvalue weighted by Crippen LogP contribution is 2.15. The summed E-state index contributed by atoms with van der Waals surface area (Å²) in [4.78, 5) is 11.7. The van der Waals surface area contributed by atoms with Crippen molar-refractivity contribution < 1.29 is 9.53 Å². The number of esters is 1. The van der Waals surface area contributed by atoms with E-state index in [-0.39, 0.29) is 5.97 Å². The minimum Gasteiger partial charge on any atom is -0.466 e. The van der Waals surface area contributed by atoms with Crippen molar-refractivity contribution >= 4 is 5.97 Å². The molecular weight excluding hydrogens is 272 g/mol. The summed E-state index contributed by atoms with van der Waals surface area (Å²) in [5.74, 6) is 0.940. The predicted molar refractivity (Wildman–Crippen MR) is 95.9 cm³/mol. The van der Waals surface area contributed by atoms with Gasteiger partial charge in [0.2, 0.25) is 0 Å². The molecule has 0 saturated carbocycles. The summed E-state index contributed by atoms with van der Waals surface area (Å²) >= 11 is 0.